The minimum Gasteiger partial charge on any atom is -0.358 e. The molecule has 0 fully saturated rings. The maximum atomic E-state index is 12.0. The molecule has 1 aliphatic rings. The molecule has 0 radical (unpaired) electrons. The van der Waals surface area contributed by atoms with E-state index in [-0.39, 0.29) is 11.8 Å². The summed E-state index contributed by atoms with van der Waals surface area (Å²) >= 11 is 2.89. The van der Waals surface area contributed by atoms with Gasteiger partial charge in [-0.3, -0.25) is 19.8 Å². The fourth-order valence-corrected chi connectivity index (χ4v) is 3.95. The molecule has 0 atom stereocenters. The smallest absolute Gasteiger partial charge is 0.267 e. The standard InChI is InChI=1S/C14H16N4O2S2/c1-15-12(19)8-18-5-4-9-11(7-18)22-14(16-9)17-13(20)10-3-2-6-21-10/h2-3,6H,4-5,7-8H2,1H3,(H,15,19)(H,16,17,20). The van der Waals surface area contributed by atoms with Crippen molar-refractivity contribution >= 4 is 39.6 Å². The largest absolute Gasteiger partial charge is 0.358 e. The van der Waals surface area contributed by atoms with Crippen molar-refractivity contribution in [2.75, 3.05) is 25.5 Å². The lowest BCUT2D eigenvalue weighted by Crippen LogP contribution is -2.38. The number of nitrogens with one attached hydrogen (secondary N) is 2. The molecule has 0 saturated carbocycles. The van der Waals surface area contributed by atoms with Crippen molar-refractivity contribution < 1.29 is 9.59 Å². The van der Waals surface area contributed by atoms with Gasteiger partial charge in [-0.2, -0.15) is 0 Å². The minimum atomic E-state index is -0.122. The number of fused-ring (bicyclic) bond motifs is 1. The number of hydrogen-bond acceptors (Lipinski definition) is 6. The van der Waals surface area contributed by atoms with Crippen LogP contribution in [0.15, 0.2) is 17.5 Å². The Morgan fingerprint density at radius 2 is 2.32 bits per heavy atom. The number of hydrogen-bond donors (Lipinski definition) is 2. The predicted molar refractivity (Wildman–Crippen MR) is 87.4 cm³/mol. The van der Waals surface area contributed by atoms with Crippen LogP contribution < -0.4 is 10.6 Å². The monoisotopic (exact) mass is 336 g/mol. The number of anilines is 1. The van der Waals surface area contributed by atoms with Gasteiger partial charge in [0.25, 0.3) is 5.91 Å². The van der Waals surface area contributed by atoms with E-state index in [1.165, 1.54) is 22.7 Å². The van der Waals surface area contributed by atoms with E-state index >= 15 is 0 Å². The molecule has 116 valence electrons. The molecule has 3 rings (SSSR count). The molecule has 0 bridgehead atoms. The van der Waals surface area contributed by atoms with E-state index in [4.69, 9.17) is 0 Å². The van der Waals surface area contributed by atoms with Crippen LogP contribution in [0.2, 0.25) is 0 Å². The van der Waals surface area contributed by atoms with E-state index in [0.29, 0.717) is 23.1 Å². The average Bonchev–Trinajstić information content (AvgIpc) is 3.15. The van der Waals surface area contributed by atoms with E-state index < -0.39 is 0 Å². The Kier molecular flexibility index (Phi) is 4.51. The highest BCUT2D eigenvalue weighted by molar-refractivity contribution is 7.16. The summed E-state index contributed by atoms with van der Waals surface area (Å²) in [5, 5.41) is 7.99. The summed E-state index contributed by atoms with van der Waals surface area (Å²) in [6, 6.07) is 3.64. The maximum absolute atomic E-state index is 12.0. The molecule has 1 aliphatic heterocycles. The summed E-state index contributed by atoms with van der Waals surface area (Å²) in [7, 11) is 1.64. The van der Waals surface area contributed by atoms with Crippen molar-refractivity contribution in [1.29, 1.82) is 0 Å². The lowest BCUT2D eigenvalue weighted by atomic mass is 10.2. The fraction of sp³-hybridized carbons (Fsp3) is 0.357. The number of thiazole rings is 1. The summed E-state index contributed by atoms with van der Waals surface area (Å²) in [5.74, 6) is -0.109. The molecule has 0 spiro atoms. The zero-order chi connectivity index (χ0) is 15.5. The van der Waals surface area contributed by atoms with E-state index in [1.54, 1.807) is 13.1 Å². The van der Waals surface area contributed by atoms with Gasteiger partial charge >= 0.3 is 0 Å². The van der Waals surface area contributed by atoms with Crippen LogP contribution in [0.3, 0.4) is 0 Å². The van der Waals surface area contributed by atoms with E-state index in [2.05, 4.69) is 20.5 Å². The Labute approximate surface area is 136 Å². The number of carbonyl (C=O) groups excluding carboxylic acids is 2. The lowest BCUT2D eigenvalue weighted by molar-refractivity contribution is -0.121. The quantitative estimate of drug-likeness (QED) is 0.889. The first kappa shape index (κ1) is 15.1. The lowest BCUT2D eigenvalue weighted by Gasteiger charge is -2.24. The van der Waals surface area contributed by atoms with Gasteiger partial charge in [0.05, 0.1) is 17.1 Å². The van der Waals surface area contributed by atoms with Crippen molar-refractivity contribution in [3.63, 3.8) is 0 Å². The Morgan fingerprint density at radius 3 is 3.05 bits per heavy atom. The third-order valence-corrected chi connectivity index (χ3v) is 5.29. The first-order valence-corrected chi connectivity index (χ1v) is 8.61. The van der Waals surface area contributed by atoms with Crippen LogP contribution in [0, 0.1) is 0 Å². The molecule has 3 heterocycles. The number of rotatable bonds is 4. The van der Waals surface area contributed by atoms with E-state index in [0.717, 1.165) is 23.5 Å². The fourth-order valence-electron chi connectivity index (χ4n) is 2.29. The molecule has 2 N–H and O–H groups in total. The first-order chi connectivity index (χ1) is 10.7. The minimum absolute atomic E-state index is 0.0131. The number of aromatic nitrogens is 1. The van der Waals surface area contributed by atoms with E-state index in [9.17, 15) is 9.59 Å². The molecule has 6 nitrogen and oxygen atoms in total. The van der Waals surface area contributed by atoms with Gasteiger partial charge in [0.1, 0.15) is 0 Å². The van der Waals surface area contributed by atoms with Crippen LogP contribution in [0.1, 0.15) is 20.2 Å². The summed E-state index contributed by atoms with van der Waals surface area (Å²) in [5.41, 5.74) is 1.03. The maximum Gasteiger partial charge on any atom is 0.267 e. The van der Waals surface area contributed by atoms with Crippen molar-refractivity contribution in [1.82, 2.24) is 15.2 Å². The number of thiophene rings is 1. The Balaban J connectivity index is 1.66. The summed E-state index contributed by atoms with van der Waals surface area (Å²) < 4.78 is 0. The molecule has 0 saturated heterocycles. The van der Waals surface area contributed by atoms with Crippen molar-refractivity contribution in [3.05, 3.63) is 33.0 Å². The summed E-state index contributed by atoms with van der Waals surface area (Å²) in [6.45, 7) is 1.91. The SMILES string of the molecule is CNC(=O)CN1CCc2nc(NC(=O)c3cccs3)sc2C1. The van der Waals surface area contributed by atoms with Gasteiger partial charge in [0.2, 0.25) is 5.91 Å². The summed E-state index contributed by atoms with van der Waals surface area (Å²) in [4.78, 5) is 31.9. The van der Waals surface area contributed by atoms with Crippen molar-refractivity contribution in [2.24, 2.45) is 0 Å². The highest BCUT2D eigenvalue weighted by Gasteiger charge is 2.22. The predicted octanol–water partition coefficient (Wildman–Crippen LogP) is 1.56. The molecule has 2 aromatic heterocycles. The van der Waals surface area contributed by atoms with Crippen LogP contribution in [0.4, 0.5) is 5.13 Å². The van der Waals surface area contributed by atoms with Crippen LogP contribution in [-0.2, 0) is 17.8 Å². The highest BCUT2D eigenvalue weighted by atomic mass is 32.1. The highest BCUT2D eigenvalue weighted by Crippen LogP contribution is 2.28. The summed E-state index contributed by atoms with van der Waals surface area (Å²) in [6.07, 6.45) is 0.803. The number of carbonyl (C=O) groups is 2. The second-order valence-corrected chi connectivity index (χ2v) is 6.99. The van der Waals surface area contributed by atoms with E-state index in [1.807, 2.05) is 11.4 Å². The normalized spacial score (nSPS) is 14.4. The van der Waals surface area contributed by atoms with Crippen LogP contribution in [-0.4, -0.2) is 41.8 Å². The topological polar surface area (TPSA) is 74.3 Å². The van der Waals surface area contributed by atoms with Crippen molar-refractivity contribution in [2.45, 2.75) is 13.0 Å². The van der Waals surface area contributed by atoms with Gasteiger partial charge < -0.3 is 5.32 Å². The number of likely N-dealkylation sites (N-methyl/N-ethyl adjacent to an activating group) is 1. The third-order valence-electron chi connectivity index (χ3n) is 3.42. The molecule has 0 aliphatic carbocycles. The molecule has 2 aromatic rings. The Morgan fingerprint density at radius 1 is 1.45 bits per heavy atom. The zero-order valence-electron chi connectivity index (χ0n) is 12.1. The average molecular weight is 336 g/mol. The van der Waals surface area contributed by atoms with Crippen LogP contribution >= 0.6 is 22.7 Å². The number of nitrogens with zero attached hydrogens (tertiary/aromatic N) is 2. The molecular weight excluding hydrogens is 320 g/mol. The van der Waals surface area contributed by atoms with Gasteiger partial charge in [-0.05, 0) is 11.4 Å². The van der Waals surface area contributed by atoms with Crippen LogP contribution in [0.25, 0.3) is 0 Å². The Bertz CT molecular complexity index is 681. The third kappa shape index (κ3) is 3.34. The Hall–Kier alpha value is -1.77. The second-order valence-electron chi connectivity index (χ2n) is 4.95. The van der Waals surface area contributed by atoms with Crippen LogP contribution in [0.5, 0.6) is 0 Å². The van der Waals surface area contributed by atoms with Gasteiger partial charge in [-0.1, -0.05) is 6.07 Å². The number of amides is 2. The molecule has 0 unspecified atom stereocenters. The molecule has 2 amide bonds. The zero-order valence-corrected chi connectivity index (χ0v) is 13.7. The molecule has 8 heteroatoms. The van der Waals surface area contributed by atoms with Gasteiger partial charge in [0.15, 0.2) is 5.13 Å². The second kappa shape index (κ2) is 6.55. The molecular formula is C14H16N4O2S2. The van der Waals surface area contributed by atoms with Crippen molar-refractivity contribution in [3.8, 4) is 0 Å². The van der Waals surface area contributed by atoms with Gasteiger partial charge in [-0.15, -0.1) is 22.7 Å². The first-order valence-electron chi connectivity index (χ1n) is 6.92. The molecule has 22 heavy (non-hydrogen) atoms. The van der Waals surface area contributed by atoms with Gasteiger partial charge in [-0.25, -0.2) is 4.98 Å². The van der Waals surface area contributed by atoms with Gasteiger partial charge in [0, 0.05) is 31.4 Å². The molecule has 0 aromatic carbocycles.